The van der Waals surface area contributed by atoms with Gasteiger partial charge in [0.1, 0.15) is 0 Å². The van der Waals surface area contributed by atoms with Gasteiger partial charge in [0.15, 0.2) is 11.5 Å². The third kappa shape index (κ3) is 6.13. The molecule has 0 aliphatic carbocycles. The second-order valence-electron chi connectivity index (χ2n) is 9.29. The van der Waals surface area contributed by atoms with Gasteiger partial charge in [0, 0.05) is 18.6 Å². The standard InChI is InChI=1S/C26H43NO3/c1-4-6-8-10-14-29-25-17-21-12-13-27-20(3)16-22(28)18-24(27)23(21)19-26(25)30-15-11-9-7-5-2/h17,19-20,22,24,28H,4-16,18H2,1-3H3/t20-,22+,24+/m1/s1. The summed E-state index contributed by atoms with van der Waals surface area (Å²) in [6.45, 7) is 9.30. The minimum atomic E-state index is -0.208. The number of fused-ring (bicyclic) bond motifs is 3. The Balaban J connectivity index is 1.74. The Morgan fingerprint density at radius 1 is 0.900 bits per heavy atom. The normalized spacial score (nSPS) is 23.7. The lowest BCUT2D eigenvalue weighted by Gasteiger charge is -2.46. The van der Waals surface area contributed by atoms with Gasteiger partial charge in [-0.3, -0.25) is 4.90 Å². The van der Waals surface area contributed by atoms with Gasteiger partial charge in [0.25, 0.3) is 0 Å². The van der Waals surface area contributed by atoms with Gasteiger partial charge in [0.2, 0.25) is 0 Å². The van der Waals surface area contributed by atoms with Crippen LogP contribution in [0.15, 0.2) is 12.1 Å². The summed E-state index contributed by atoms with van der Waals surface area (Å²) in [5, 5.41) is 10.4. The summed E-state index contributed by atoms with van der Waals surface area (Å²) in [5.41, 5.74) is 2.72. The van der Waals surface area contributed by atoms with Crippen molar-refractivity contribution in [3.8, 4) is 11.5 Å². The molecule has 3 atom stereocenters. The van der Waals surface area contributed by atoms with Crippen molar-refractivity contribution in [3.63, 3.8) is 0 Å². The Bertz CT molecular complexity index is 647. The largest absolute Gasteiger partial charge is 0.490 e. The quantitative estimate of drug-likeness (QED) is 0.421. The van der Waals surface area contributed by atoms with Gasteiger partial charge >= 0.3 is 0 Å². The van der Waals surface area contributed by atoms with Crippen LogP contribution in [0.25, 0.3) is 0 Å². The first-order chi connectivity index (χ1) is 14.6. The molecule has 1 saturated heterocycles. The van der Waals surface area contributed by atoms with Crippen molar-refractivity contribution in [3.05, 3.63) is 23.3 Å². The van der Waals surface area contributed by atoms with E-state index in [-0.39, 0.29) is 6.10 Å². The molecule has 1 N–H and O–H groups in total. The number of piperidine rings is 1. The molecule has 1 fully saturated rings. The van der Waals surface area contributed by atoms with E-state index in [0.717, 1.165) is 63.4 Å². The SMILES string of the molecule is CCCCCCOc1cc2c(cc1OCCCCCC)[C@@H]1C[C@@H](O)C[C@@H](C)N1CC2. The molecule has 3 rings (SSSR count). The smallest absolute Gasteiger partial charge is 0.161 e. The lowest BCUT2D eigenvalue weighted by molar-refractivity contribution is 0.000936. The molecule has 1 aromatic rings. The molecule has 2 aliphatic heterocycles. The molecule has 4 heteroatoms. The molecule has 0 spiro atoms. The van der Waals surface area contributed by atoms with Crippen molar-refractivity contribution < 1.29 is 14.6 Å². The third-order valence-electron chi connectivity index (χ3n) is 6.79. The van der Waals surface area contributed by atoms with Crippen LogP contribution in [0.1, 0.15) is 102 Å². The summed E-state index contributed by atoms with van der Waals surface area (Å²) < 4.78 is 12.5. The molecular weight excluding hydrogens is 374 g/mol. The van der Waals surface area contributed by atoms with Crippen molar-refractivity contribution in [2.45, 2.75) is 110 Å². The van der Waals surface area contributed by atoms with Crippen LogP contribution in [0.4, 0.5) is 0 Å². The maximum atomic E-state index is 10.4. The second kappa shape index (κ2) is 12.0. The van der Waals surface area contributed by atoms with Crippen molar-refractivity contribution in [2.75, 3.05) is 19.8 Å². The molecule has 30 heavy (non-hydrogen) atoms. The van der Waals surface area contributed by atoms with E-state index < -0.39 is 0 Å². The van der Waals surface area contributed by atoms with Crippen LogP contribution in [0, 0.1) is 0 Å². The summed E-state index contributed by atoms with van der Waals surface area (Å²) in [4.78, 5) is 2.57. The molecule has 1 aromatic carbocycles. The van der Waals surface area contributed by atoms with E-state index in [1.165, 1.54) is 49.7 Å². The van der Waals surface area contributed by atoms with E-state index in [9.17, 15) is 5.11 Å². The first-order valence-electron chi connectivity index (χ1n) is 12.5. The first kappa shape index (κ1) is 23.4. The fourth-order valence-electron chi connectivity index (χ4n) is 5.05. The molecule has 0 bridgehead atoms. The fraction of sp³-hybridized carbons (Fsp3) is 0.769. The predicted octanol–water partition coefficient (Wildman–Crippen LogP) is 6.05. The minimum absolute atomic E-state index is 0.208. The zero-order valence-electron chi connectivity index (χ0n) is 19.5. The Kier molecular flexibility index (Phi) is 9.32. The molecule has 170 valence electrons. The minimum Gasteiger partial charge on any atom is -0.490 e. The number of nitrogens with zero attached hydrogens (tertiary/aromatic N) is 1. The second-order valence-corrected chi connectivity index (χ2v) is 9.29. The van der Waals surface area contributed by atoms with Gasteiger partial charge in [-0.25, -0.2) is 0 Å². The lowest BCUT2D eigenvalue weighted by atomic mass is 9.83. The predicted molar refractivity (Wildman–Crippen MR) is 124 cm³/mol. The Hall–Kier alpha value is -1.26. The van der Waals surface area contributed by atoms with Gasteiger partial charge in [-0.1, -0.05) is 52.4 Å². The Labute approximate surface area is 183 Å². The highest BCUT2D eigenvalue weighted by Crippen LogP contribution is 2.43. The molecule has 4 nitrogen and oxygen atoms in total. The number of rotatable bonds is 12. The van der Waals surface area contributed by atoms with Crippen LogP contribution in [-0.2, 0) is 6.42 Å². The number of benzene rings is 1. The molecule has 0 saturated carbocycles. The average molecular weight is 418 g/mol. The van der Waals surface area contributed by atoms with Crippen LogP contribution in [0.3, 0.4) is 0 Å². The van der Waals surface area contributed by atoms with Gasteiger partial charge in [-0.2, -0.15) is 0 Å². The highest BCUT2D eigenvalue weighted by atomic mass is 16.5. The van der Waals surface area contributed by atoms with Crippen LogP contribution >= 0.6 is 0 Å². The van der Waals surface area contributed by atoms with Crippen LogP contribution in [0.2, 0.25) is 0 Å². The number of ether oxygens (including phenoxy) is 2. The summed E-state index contributed by atoms with van der Waals surface area (Å²) in [7, 11) is 0. The van der Waals surface area contributed by atoms with E-state index in [2.05, 4.69) is 37.8 Å². The Morgan fingerprint density at radius 2 is 1.53 bits per heavy atom. The Morgan fingerprint density at radius 3 is 2.17 bits per heavy atom. The van der Waals surface area contributed by atoms with E-state index in [1.807, 2.05) is 0 Å². The highest BCUT2D eigenvalue weighted by Gasteiger charge is 2.37. The average Bonchev–Trinajstić information content (AvgIpc) is 2.73. The molecule has 0 unspecified atom stereocenters. The molecule has 0 radical (unpaired) electrons. The van der Waals surface area contributed by atoms with Crippen molar-refractivity contribution in [2.24, 2.45) is 0 Å². The molecular formula is C26H43NO3. The lowest BCUT2D eigenvalue weighted by Crippen LogP contribution is -2.48. The summed E-state index contributed by atoms with van der Waals surface area (Å²) >= 11 is 0. The maximum absolute atomic E-state index is 10.4. The van der Waals surface area contributed by atoms with Crippen molar-refractivity contribution >= 4 is 0 Å². The topological polar surface area (TPSA) is 41.9 Å². The maximum Gasteiger partial charge on any atom is 0.161 e. The van der Waals surface area contributed by atoms with Crippen LogP contribution in [-0.4, -0.2) is 41.9 Å². The van der Waals surface area contributed by atoms with Gasteiger partial charge in [-0.05, 0) is 62.3 Å². The summed E-state index contributed by atoms with van der Waals surface area (Å²) in [5.74, 6) is 1.81. The molecule has 0 amide bonds. The van der Waals surface area contributed by atoms with Crippen molar-refractivity contribution in [1.29, 1.82) is 0 Å². The van der Waals surface area contributed by atoms with Crippen molar-refractivity contribution in [1.82, 2.24) is 4.90 Å². The number of unbranched alkanes of at least 4 members (excludes halogenated alkanes) is 6. The first-order valence-corrected chi connectivity index (χ1v) is 12.5. The number of hydrogen-bond donors (Lipinski definition) is 1. The molecule has 2 heterocycles. The summed E-state index contributed by atoms with van der Waals surface area (Å²) in [6, 6.07) is 5.20. The summed E-state index contributed by atoms with van der Waals surface area (Å²) in [6.07, 6.45) is 12.2. The number of aliphatic hydroxyl groups is 1. The van der Waals surface area contributed by atoms with Crippen LogP contribution in [0.5, 0.6) is 11.5 Å². The van der Waals surface area contributed by atoms with Gasteiger partial charge in [0.05, 0.1) is 19.3 Å². The highest BCUT2D eigenvalue weighted by molar-refractivity contribution is 5.50. The van der Waals surface area contributed by atoms with Crippen LogP contribution < -0.4 is 9.47 Å². The van der Waals surface area contributed by atoms with Gasteiger partial charge < -0.3 is 14.6 Å². The fourth-order valence-corrected chi connectivity index (χ4v) is 5.05. The van der Waals surface area contributed by atoms with E-state index >= 15 is 0 Å². The number of aliphatic hydroxyl groups excluding tert-OH is 1. The van der Waals surface area contributed by atoms with E-state index in [1.54, 1.807) is 0 Å². The third-order valence-corrected chi connectivity index (χ3v) is 6.79. The number of hydrogen-bond acceptors (Lipinski definition) is 4. The zero-order chi connectivity index (χ0) is 21.3. The zero-order valence-corrected chi connectivity index (χ0v) is 19.5. The van der Waals surface area contributed by atoms with E-state index in [0.29, 0.717) is 12.1 Å². The monoisotopic (exact) mass is 417 g/mol. The van der Waals surface area contributed by atoms with E-state index in [4.69, 9.17) is 9.47 Å². The molecule has 2 aliphatic rings. The molecule has 0 aromatic heterocycles. The van der Waals surface area contributed by atoms with Gasteiger partial charge in [-0.15, -0.1) is 0 Å².